The van der Waals surface area contributed by atoms with Crippen molar-refractivity contribution in [2.45, 2.75) is 25.4 Å². The van der Waals surface area contributed by atoms with Crippen LogP contribution in [0.1, 0.15) is 18.4 Å². The Morgan fingerprint density at radius 2 is 2.29 bits per heavy atom. The highest BCUT2D eigenvalue weighted by Crippen LogP contribution is 2.22. The molecule has 0 atom stereocenters. The molecule has 0 radical (unpaired) electrons. The Balaban J connectivity index is 1.92. The molecule has 17 heavy (non-hydrogen) atoms. The van der Waals surface area contributed by atoms with Crippen LogP contribution in [0.15, 0.2) is 30.9 Å². The first-order chi connectivity index (χ1) is 8.34. The van der Waals surface area contributed by atoms with Crippen molar-refractivity contribution >= 4 is 0 Å². The second kappa shape index (κ2) is 4.25. The summed E-state index contributed by atoms with van der Waals surface area (Å²) in [6.07, 6.45) is 5.40. The quantitative estimate of drug-likeness (QED) is 0.871. The van der Waals surface area contributed by atoms with E-state index in [1.165, 1.54) is 25.2 Å². The van der Waals surface area contributed by atoms with E-state index in [1.54, 1.807) is 17.1 Å². The van der Waals surface area contributed by atoms with Gasteiger partial charge in [-0.25, -0.2) is 14.1 Å². The average Bonchev–Trinajstić information content (AvgIpc) is 3.00. The summed E-state index contributed by atoms with van der Waals surface area (Å²) in [4.78, 5) is 3.89. The van der Waals surface area contributed by atoms with Gasteiger partial charge in [0.05, 0.1) is 5.69 Å². The summed E-state index contributed by atoms with van der Waals surface area (Å²) in [7, 11) is 0. The first kappa shape index (κ1) is 10.4. The van der Waals surface area contributed by atoms with Gasteiger partial charge in [0, 0.05) is 18.2 Å². The molecular weight excluding hydrogens is 219 g/mol. The summed E-state index contributed by atoms with van der Waals surface area (Å²) in [6.45, 7) is 0.534. The van der Waals surface area contributed by atoms with Crippen molar-refractivity contribution in [1.82, 2.24) is 20.1 Å². The molecule has 88 valence electrons. The van der Waals surface area contributed by atoms with E-state index in [4.69, 9.17) is 0 Å². The van der Waals surface area contributed by atoms with Crippen molar-refractivity contribution in [3.05, 3.63) is 42.2 Å². The van der Waals surface area contributed by atoms with Gasteiger partial charge in [-0.05, 0) is 25.0 Å². The maximum Gasteiger partial charge on any atom is 0.138 e. The fourth-order valence-corrected chi connectivity index (χ4v) is 1.80. The molecule has 1 N–H and O–H groups in total. The zero-order valence-electron chi connectivity index (χ0n) is 9.31. The lowest BCUT2D eigenvalue weighted by atomic mass is 10.1. The molecule has 0 aliphatic heterocycles. The van der Waals surface area contributed by atoms with Crippen LogP contribution in [0, 0.1) is 5.82 Å². The monoisotopic (exact) mass is 232 g/mol. The molecule has 5 heteroatoms. The van der Waals surface area contributed by atoms with Gasteiger partial charge >= 0.3 is 0 Å². The fraction of sp³-hybridized carbons (Fsp3) is 0.333. The molecule has 3 rings (SSSR count). The lowest BCUT2D eigenvalue weighted by Gasteiger charge is -2.10. The number of nitrogens with one attached hydrogen (secondary N) is 1. The predicted molar refractivity (Wildman–Crippen MR) is 61.2 cm³/mol. The lowest BCUT2D eigenvalue weighted by molar-refractivity contribution is 0.582. The third-order valence-electron chi connectivity index (χ3n) is 2.90. The maximum absolute atomic E-state index is 13.8. The summed E-state index contributed by atoms with van der Waals surface area (Å²) >= 11 is 0. The van der Waals surface area contributed by atoms with E-state index in [2.05, 4.69) is 15.4 Å². The highest BCUT2D eigenvalue weighted by molar-refractivity contribution is 5.40. The molecule has 4 nitrogen and oxygen atoms in total. The molecular formula is C12H13FN4. The van der Waals surface area contributed by atoms with Gasteiger partial charge in [0.2, 0.25) is 0 Å². The fourth-order valence-electron chi connectivity index (χ4n) is 1.80. The van der Waals surface area contributed by atoms with Gasteiger partial charge in [0.1, 0.15) is 18.5 Å². The molecule has 1 saturated carbocycles. The van der Waals surface area contributed by atoms with Gasteiger partial charge < -0.3 is 5.32 Å². The number of halogens is 1. The summed E-state index contributed by atoms with van der Waals surface area (Å²) < 4.78 is 15.4. The van der Waals surface area contributed by atoms with Crippen LogP contribution in [0.3, 0.4) is 0 Å². The van der Waals surface area contributed by atoms with Crippen LogP contribution in [0.5, 0.6) is 0 Å². The molecule has 1 aliphatic rings. The minimum absolute atomic E-state index is 0.203. The van der Waals surface area contributed by atoms with Crippen molar-refractivity contribution in [1.29, 1.82) is 0 Å². The number of rotatable bonds is 4. The van der Waals surface area contributed by atoms with Gasteiger partial charge in [-0.15, -0.1) is 0 Å². The highest BCUT2D eigenvalue weighted by atomic mass is 19.1. The largest absolute Gasteiger partial charge is 0.310 e. The van der Waals surface area contributed by atoms with Crippen molar-refractivity contribution in [3.8, 4) is 5.69 Å². The minimum Gasteiger partial charge on any atom is -0.310 e. The topological polar surface area (TPSA) is 42.7 Å². The van der Waals surface area contributed by atoms with Crippen molar-refractivity contribution < 1.29 is 4.39 Å². The standard InChI is InChI=1S/C12H13FN4/c13-11-2-1-3-12(17-8-14-7-16-17)10(11)6-15-9-4-5-9/h1-3,7-9,15H,4-6H2. The molecule has 1 aromatic heterocycles. The van der Waals surface area contributed by atoms with E-state index >= 15 is 0 Å². The van der Waals surface area contributed by atoms with E-state index in [0.717, 1.165) is 5.69 Å². The molecule has 0 bridgehead atoms. The summed E-state index contributed by atoms with van der Waals surface area (Å²) in [5.41, 5.74) is 1.39. The Bertz CT molecular complexity index is 505. The first-order valence-corrected chi connectivity index (χ1v) is 5.70. The second-order valence-electron chi connectivity index (χ2n) is 4.23. The number of hydrogen-bond donors (Lipinski definition) is 1. The van der Waals surface area contributed by atoms with Crippen molar-refractivity contribution in [2.24, 2.45) is 0 Å². The van der Waals surface area contributed by atoms with Crippen LogP contribution in [0.2, 0.25) is 0 Å². The number of benzene rings is 1. The smallest absolute Gasteiger partial charge is 0.138 e. The minimum atomic E-state index is -0.203. The predicted octanol–water partition coefficient (Wildman–Crippen LogP) is 1.66. The van der Waals surface area contributed by atoms with E-state index in [-0.39, 0.29) is 5.82 Å². The SMILES string of the molecule is Fc1cccc(-n2cncn2)c1CNC1CC1. The summed E-state index contributed by atoms with van der Waals surface area (Å²) in [5.74, 6) is -0.203. The number of nitrogens with zero attached hydrogens (tertiary/aromatic N) is 3. The van der Waals surface area contributed by atoms with Crippen LogP contribution in [-0.2, 0) is 6.54 Å². The van der Waals surface area contributed by atoms with Gasteiger partial charge in [0.25, 0.3) is 0 Å². The van der Waals surface area contributed by atoms with Crippen LogP contribution >= 0.6 is 0 Å². The molecule has 0 saturated heterocycles. The highest BCUT2D eigenvalue weighted by Gasteiger charge is 2.21. The van der Waals surface area contributed by atoms with Crippen LogP contribution in [0.25, 0.3) is 5.69 Å². The Morgan fingerprint density at radius 1 is 1.41 bits per heavy atom. The Hall–Kier alpha value is -1.75. The normalized spacial score (nSPS) is 15.1. The molecule has 1 aliphatic carbocycles. The number of aromatic nitrogens is 3. The Morgan fingerprint density at radius 3 is 3.00 bits per heavy atom. The zero-order chi connectivity index (χ0) is 11.7. The molecule has 2 aromatic rings. The van der Waals surface area contributed by atoms with Crippen molar-refractivity contribution in [3.63, 3.8) is 0 Å². The van der Waals surface area contributed by atoms with Gasteiger partial charge in [-0.3, -0.25) is 0 Å². The molecule has 0 spiro atoms. The van der Waals surface area contributed by atoms with E-state index in [0.29, 0.717) is 18.2 Å². The Labute approximate surface area is 98.5 Å². The molecule has 1 heterocycles. The summed E-state index contributed by atoms with van der Waals surface area (Å²) in [6, 6.07) is 5.57. The van der Waals surface area contributed by atoms with Crippen LogP contribution in [-0.4, -0.2) is 20.8 Å². The third kappa shape index (κ3) is 2.19. The zero-order valence-corrected chi connectivity index (χ0v) is 9.31. The van der Waals surface area contributed by atoms with Gasteiger partial charge in [0.15, 0.2) is 0 Å². The molecule has 0 amide bonds. The average molecular weight is 232 g/mol. The van der Waals surface area contributed by atoms with E-state index in [1.807, 2.05) is 6.07 Å². The summed E-state index contributed by atoms with van der Waals surface area (Å²) in [5, 5.41) is 7.36. The third-order valence-corrected chi connectivity index (χ3v) is 2.90. The van der Waals surface area contributed by atoms with E-state index in [9.17, 15) is 4.39 Å². The maximum atomic E-state index is 13.8. The Kier molecular flexibility index (Phi) is 2.60. The van der Waals surface area contributed by atoms with Crippen LogP contribution in [0.4, 0.5) is 4.39 Å². The second-order valence-corrected chi connectivity index (χ2v) is 4.23. The molecule has 1 aromatic carbocycles. The first-order valence-electron chi connectivity index (χ1n) is 5.70. The van der Waals surface area contributed by atoms with Gasteiger partial charge in [-0.2, -0.15) is 5.10 Å². The lowest BCUT2D eigenvalue weighted by Crippen LogP contribution is -2.18. The van der Waals surface area contributed by atoms with Crippen molar-refractivity contribution in [2.75, 3.05) is 0 Å². The van der Waals surface area contributed by atoms with Gasteiger partial charge in [-0.1, -0.05) is 6.07 Å². The molecule has 0 unspecified atom stereocenters. The number of hydrogen-bond acceptors (Lipinski definition) is 3. The van der Waals surface area contributed by atoms with Crippen LogP contribution < -0.4 is 5.32 Å². The van der Waals surface area contributed by atoms with E-state index < -0.39 is 0 Å². The molecule has 1 fully saturated rings.